The van der Waals surface area contributed by atoms with Crippen molar-refractivity contribution in [3.63, 3.8) is 0 Å². The second-order valence-corrected chi connectivity index (χ2v) is 6.86. The highest BCUT2D eigenvalue weighted by atomic mass is 35.5. The largest absolute Gasteiger partial charge is 0.336 e. The molecule has 1 aliphatic rings. The van der Waals surface area contributed by atoms with Gasteiger partial charge in [0.1, 0.15) is 11.5 Å². The van der Waals surface area contributed by atoms with E-state index < -0.39 is 0 Å². The smallest absolute Gasteiger partial charge is 0.254 e. The van der Waals surface area contributed by atoms with Crippen LogP contribution in [0.2, 0.25) is 5.02 Å². The normalized spacial score (nSPS) is 15.5. The highest BCUT2D eigenvalue weighted by Crippen LogP contribution is 2.15. The van der Waals surface area contributed by atoms with Crippen LogP contribution < -0.4 is 0 Å². The molecule has 1 aliphatic heterocycles. The van der Waals surface area contributed by atoms with E-state index in [0.717, 1.165) is 31.0 Å². The molecule has 0 bridgehead atoms. The SMILES string of the molecule is O=C(c1cccc(F)c1)N1CCN(Cc2cn3cc(Cl)ccc3n2)CC1. The van der Waals surface area contributed by atoms with Gasteiger partial charge in [0.25, 0.3) is 5.91 Å². The number of carbonyl (C=O) groups is 1. The average Bonchev–Trinajstić information content (AvgIpc) is 3.03. The van der Waals surface area contributed by atoms with Gasteiger partial charge in [0.15, 0.2) is 0 Å². The second-order valence-electron chi connectivity index (χ2n) is 6.42. The summed E-state index contributed by atoms with van der Waals surface area (Å²) >= 11 is 6.01. The maximum absolute atomic E-state index is 13.3. The number of rotatable bonds is 3. The lowest BCUT2D eigenvalue weighted by Crippen LogP contribution is -2.48. The van der Waals surface area contributed by atoms with Crippen LogP contribution in [0.3, 0.4) is 0 Å². The van der Waals surface area contributed by atoms with E-state index in [9.17, 15) is 9.18 Å². The molecule has 26 heavy (non-hydrogen) atoms. The van der Waals surface area contributed by atoms with Gasteiger partial charge in [-0.25, -0.2) is 9.37 Å². The van der Waals surface area contributed by atoms with Crippen molar-refractivity contribution in [3.05, 3.63) is 70.9 Å². The summed E-state index contributed by atoms with van der Waals surface area (Å²) in [6.07, 6.45) is 3.81. The summed E-state index contributed by atoms with van der Waals surface area (Å²) in [7, 11) is 0. The van der Waals surface area contributed by atoms with Gasteiger partial charge in [-0.1, -0.05) is 17.7 Å². The summed E-state index contributed by atoms with van der Waals surface area (Å²) in [6, 6.07) is 9.56. The highest BCUT2D eigenvalue weighted by molar-refractivity contribution is 6.30. The molecule has 3 heterocycles. The number of hydrogen-bond acceptors (Lipinski definition) is 3. The summed E-state index contributed by atoms with van der Waals surface area (Å²) in [5.41, 5.74) is 2.23. The van der Waals surface area contributed by atoms with E-state index in [2.05, 4.69) is 9.88 Å². The van der Waals surface area contributed by atoms with Crippen LogP contribution in [0.1, 0.15) is 16.1 Å². The molecule has 0 spiro atoms. The molecule has 3 aromatic rings. The van der Waals surface area contributed by atoms with Crippen LogP contribution in [-0.2, 0) is 6.54 Å². The van der Waals surface area contributed by atoms with Gasteiger partial charge < -0.3 is 9.30 Å². The number of halogens is 2. The number of hydrogen-bond donors (Lipinski definition) is 0. The van der Waals surface area contributed by atoms with Crippen molar-refractivity contribution >= 4 is 23.2 Å². The first kappa shape index (κ1) is 17.0. The molecular formula is C19H18ClFN4O. The standard InChI is InChI=1S/C19H18ClFN4O/c20-15-4-5-18-22-17(13-25(18)11-15)12-23-6-8-24(9-7-23)19(26)14-2-1-3-16(21)10-14/h1-5,10-11,13H,6-9,12H2. The number of nitrogens with zero attached hydrogens (tertiary/aromatic N) is 4. The molecule has 0 saturated carbocycles. The Hall–Kier alpha value is -2.44. The molecule has 0 unspecified atom stereocenters. The molecule has 0 N–H and O–H groups in total. The third-order valence-corrected chi connectivity index (χ3v) is 4.81. The summed E-state index contributed by atoms with van der Waals surface area (Å²) in [5.74, 6) is -0.507. The molecule has 1 saturated heterocycles. The Morgan fingerprint density at radius 2 is 1.92 bits per heavy atom. The van der Waals surface area contributed by atoms with Crippen molar-refractivity contribution in [2.24, 2.45) is 0 Å². The van der Waals surface area contributed by atoms with Crippen molar-refractivity contribution in [1.82, 2.24) is 19.2 Å². The summed E-state index contributed by atoms with van der Waals surface area (Å²) in [5, 5.41) is 0.672. The third-order valence-electron chi connectivity index (χ3n) is 4.58. The van der Waals surface area contributed by atoms with Crippen molar-refractivity contribution in [1.29, 1.82) is 0 Å². The van der Waals surface area contributed by atoms with Crippen LogP contribution >= 0.6 is 11.6 Å². The minimum Gasteiger partial charge on any atom is -0.336 e. The Kier molecular flexibility index (Phi) is 4.61. The van der Waals surface area contributed by atoms with Crippen molar-refractivity contribution in [2.45, 2.75) is 6.54 Å². The monoisotopic (exact) mass is 372 g/mol. The molecule has 2 aromatic heterocycles. The molecule has 5 nitrogen and oxygen atoms in total. The maximum Gasteiger partial charge on any atom is 0.254 e. The molecule has 1 amide bonds. The molecule has 0 atom stereocenters. The Morgan fingerprint density at radius 1 is 1.12 bits per heavy atom. The van der Waals surface area contributed by atoms with Crippen molar-refractivity contribution in [3.8, 4) is 0 Å². The summed E-state index contributed by atoms with van der Waals surface area (Å²) in [6.45, 7) is 3.48. The van der Waals surface area contributed by atoms with Gasteiger partial charge in [0, 0.05) is 50.7 Å². The number of pyridine rings is 1. The van der Waals surface area contributed by atoms with Crippen LogP contribution in [0.5, 0.6) is 0 Å². The zero-order valence-electron chi connectivity index (χ0n) is 14.1. The number of benzene rings is 1. The van der Waals surface area contributed by atoms with E-state index in [1.54, 1.807) is 17.0 Å². The van der Waals surface area contributed by atoms with Crippen LogP contribution in [0, 0.1) is 5.82 Å². The van der Waals surface area contributed by atoms with Gasteiger partial charge >= 0.3 is 0 Å². The molecule has 134 valence electrons. The van der Waals surface area contributed by atoms with Gasteiger partial charge in [-0.3, -0.25) is 9.69 Å². The zero-order valence-corrected chi connectivity index (χ0v) is 14.9. The first-order valence-electron chi connectivity index (χ1n) is 8.49. The number of amides is 1. The quantitative estimate of drug-likeness (QED) is 0.709. The Labute approximate surface area is 155 Å². The molecule has 4 rings (SSSR count). The van der Waals surface area contributed by atoms with E-state index in [0.29, 0.717) is 23.7 Å². The van der Waals surface area contributed by atoms with Crippen LogP contribution in [0.15, 0.2) is 48.8 Å². The zero-order chi connectivity index (χ0) is 18.1. The number of aromatic nitrogens is 2. The topological polar surface area (TPSA) is 40.9 Å². The van der Waals surface area contributed by atoms with E-state index in [1.807, 2.05) is 28.9 Å². The molecular weight excluding hydrogens is 355 g/mol. The predicted molar refractivity (Wildman–Crippen MR) is 97.8 cm³/mol. The molecule has 0 aliphatic carbocycles. The lowest BCUT2D eigenvalue weighted by atomic mass is 10.1. The van der Waals surface area contributed by atoms with Gasteiger partial charge in [-0.2, -0.15) is 0 Å². The summed E-state index contributed by atoms with van der Waals surface area (Å²) in [4.78, 5) is 21.1. The van der Waals surface area contributed by atoms with Crippen LogP contribution in [0.4, 0.5) is 4.39 Å². The van der Waals surface area contributed by atoms with Gasteiger partial charge in [0.2, 0.25) is 0 Å². The molecule has 7 heteroatoms. The van der Waals surface area contributed by atoms with Crippen molar-refractivity contribution in [2.75, 3.05) is 26.2 Å². The van der Waals surface area contributed by atoms with Crippen LogP contribution in [0.25, 0.3) is 5.65 Å². The average molecular weight is 373 g/mol. The van der Waals surface area contributed by atoms with Gasteiger partial charge in [-0.05, 0) is 30.3 Å². The molecule has 1 fully saturated rings. The number of imidazole rings is 1. The fourth-order valence-corrected chi connectivity index (χ4v) is 3.40. The highest BCUT2D eigenvalue weighted by Gasteiger charge is 2.22. The minimum absolute atomic E-state index is 0.119. The lowest BCUT2D eigenvalue weighted by Gasteiger charge is -2.34. The number of piperazine rings is 1. The fourth-order valence-electron chi connectivity index (χ4n) is 3.24. The van der Waals surface area contributed by atoms with Crippen molar-refractivity contribution < 1.29 is 9.18 Å². The molecule has 1 aromatic carbocycles. The third kappa shape index (κ3) is 3.57. The Morgan fingerprint density at radius 3 is 2.69 bits per heavy atom. The fraction of sp³-hybridized carbons (Fsp3) is 0.263. The maximum atomic E-state index is 13.3. The first-order chi connectivity index (χ1) is 12.6. The second kappa shape index (κ2) is 7.05. The molecule has 0 radical (unpaired) electrons. The predicted octanol–water partition coefficient (Wildman–Crippen LogP) is 3.08. The van der Waals surface area contributed by atoms with Gasteiger partial charge in [-0.15, -0.1) is 0 Å². The van der Waals surface area contributed by atoms with Crippen LogP contribution in [-0.4, -0.2) is 51.3 Å². The minimum atomic E-state index is -0.388. The summed E-state index contributed by atoms with van der Waals surface area (Å²) < 4.78 is 15.2. The van der Waals surface area contributed by atoms with E-state index in [4.69, 9.17) is 11.6 Å². The number of carbonyl (C=O) groups excluding carboxylic acids is 1. The Balaban J connectivity index is 1.37. The number of fused-ring (bicyclic) bond motifs is 1. The van der Waals surface area contributed by atoms with E-state index >= 15 is 0 Å². The Bertz CT molecular complexity index is 950. The first-order valence-corrected chi connectivity index (χ1v) is 8.86. The van der Waals surface area contributed by atoms with Gasteiger partial charge in [0.05, 0.1) is 10.7 Å². The van der Waals surface area contributed by atoms with E-state index in [1.165, 1.54) is 12.1 Å². The lowest BCUT2D eigenvalue weighted by molar-refractivity contribution is 0.0627. The van der Waals surface area contributed by atoms with E-state index in [-0.39, 0.29) is 11.7 Å².